The van der Waals surface area contributed by atoms with E-state index in [1.807, 2.05) is 0 Å². The van der Waals surface area contributed by atoms with Crippen LogP contribution in [0.1, 0.15) is 115 Å². The summed E-state index contributed by atoms with van der Waals surface area (Å²) in [5.74, 6) is 0.520. The molecule has 0 unspecified atom stereocenters. The Balaban J connectivity index is 1.18. The van der Waals surface area contributed by atoms with Gasteiger partial charge in [0.25, 0.3) is 0 Å². The molecule has 0 heterocycles. The van der Waals surface area contributed by atoms with Crippen LogP contribution in [0.3, 0.4) is 0 Å². The number of carbonyl (C=O) groups is 1. The van der Waals surface area contributed by atoms with Gasteiger partial charge in [-0.3, -0.25) is 4.79 Å². The topological polar surface area (TPSA) is 26.3 Å². The molecule has 1 aromatic rings. The predicted molar refractivity (Wildman–Crippen MR) is 148 cm³/mol. The Hall–Kier alpha value is -1.92. The average Bonchev–Trinajstić information content (AvgIpc) is 2.93. The molecule has 0 atom stereocenters. The molecule has 2 nitrogen and oxygen atoms in total. The van der Waals surface area contributed by atoms with Gasteiger partial charge in [-0.05, 0) is 99.9 Å². The lowest BCUT2D eigenvalue weighted by Gasteiger charge is -2.41. The number of hydrogen-bond donors (Lipinski definition) is 0. The summed E-state index contributed by atoms with van der Waals surface area (Å²) in [6, 6.07) is 1.53. The second-order valence-electron chi connectivity index (χ2n) is 12.7. The van der Waals surface area contributed by atoms with Gasteiger partial charge in [0.1, 0.15) is 17.4 Å². The van der Waals surface area contributed by atoms with Crippen LogP contribution >= 0.6 is 0 Å². The van der Waals surface area contributed by atoms with Gasteiger partial charge in [0.05, 0.1) is 5.92 Å². The van der Waals surface area contributed by atoms with Crippen molar-refractivity contribution in [1.29, 1.82) is 0 Å². The first-order valence-corrected chi connectivity index (χ1v) is 15.6. The van der Waals surface area contributed by atoms with Crippen LogP contribution in [0.5, 0.6) is 5.75 Å². The maximum absolute atomic E-state index is 14.2. The zero-order chi connectivity index (χ0) is 28.7. The van der Waals surface area contributed by atoms with Crippen molar-refractivity contribution >= 4 is 12.0 Å². The molecule has 0 aliphatic heterocycles. The number of alkyl halides is 3. The van der Waals surface area contributed by atoms with Crippen molar-refractivity contribution in [3.05, 3.63) is 35.4 Å². The molecule has 0 amide bonds. The van der Waals surface area contributed by atoms with Crippen molar-refractivity contribution in [3.63, 3.8) is 0 Å². The fourth-order valence-corrected chi connectivity index (χ4v) is 7.70. The van der Waals surface area contributed by atoms with E-state index in [1.165, 1.54) is 77.0 Å². The number of benzene rings is 1. The minimum Gasteiger partial charge on any atom is -0.426 e. The number of allylic oxidation sites excluding steroid dienone is 1. The van der Waals surface area contributed by atoms with Gasteiger partial charge >= 0.3 is 12.1 Å². The predicted octanol–water partition coefficient (Wildman–Crippen LogP) is 10.4. The molecule has 7 heteroatoms. The lowest BCUT2D eigenvalue weighted by Crippen LogP contribution is -2.31. The van der Waals surface area contributed by atoms with Gasteiger partial charge in [0.15, 0.2) is 0 Å². The highest BCUT2D eigenvalue weighted by atomic mass is 19.4. The summed E-state index contributed by atoms with van der Waals surface area (Å²) in [4.78, 5) is 12.7. The standard InChI is InChI=1S/C33H45F5O2/c1-2-3-4-5-22-6-8-23(9-7-22)24-10-12-25(13-11-24)26-14-16-27(17-15-26)32(39)40-28-20-30(34)29(31(35)21-28)18-19-33(36,37)38/h18-27H,2-17H2,1H3. The third-order valence-electron chi connectivity index (χ3n) is 10.1. The van der Waals surface area contributed by atoms with Gasteiger partial charge in [-0.15, -0.1) is 0 Å². The highest BCUT2D eigenvalue weighted by Crippen LogP contribution is 2.46. The van der Waals surface area contributed by atoms with Crippen LogP contribution in [0.2, 0.25) is 0 Å². The fraction of sp³-hybridized carbons (Fsp3) is 0.727. The molecule has 4 rings (SSSR count). The first-order chi connectivity index (χ1) is 19.1. The van der Waals surface area contributed by atoms with Gasteiger partial charge in [-0.25, -0.2) is 8.78 Å². The van der Waals surface area contributed by atoms with E-state index in [-0.39, 0.29) is 17.7 Å². The molecular weight excluding hydrogens is 523 g/mol. The molecule has 0 N–H and O–H groups in total. The molecule has 1 aromatic carbocycles. The van der Waals surface area contributed by atoms with E-state index >= 15 is 0 Å². The summed E-state index contributed by atoms with van der Waals surface area (Å²) in [6.07, 6.45) is 15.2. The Labute approximate surface area is 236 Å². The number of esters is 1. The summed E-state index contributed by atoms with van der Waals surface area (Å²) < 4.78 is 70.7. The van der Waals surface area contributed by atoms with Crippen LogP contribution in [0.4, 0.5) is 22.0 Å². The van der Waals surface area contributed by atoms with E-state index in [0.29, 0.717) is 24.8 Å². The van der Waals surface area contributed by atoms with E-state index in [0.717, 1.165) is 48.6 Å². The molecule has 3 aliphatic rings. The van der Waals surface area contributed by atoms with Crippen LogP contribution in [-0.2, 0) is 4.79 Å². The Bertz CT molecular complexity index is 956. The monoisotopic (exact) mass is 568 g/mol. The van der Waals surface area contributed by atoms with Crippen LogP contribution in [0.15, 0.2) is 18.2 Å². The van der Waals surface area contributed by atoms with E-state index in [4.69, 9.17) is 4.74 Å². The average molecular weight is 569 g/mol. The summed E-state index contributed by atoms with van der Waals surface area (Å²) >= 11 is 0. The van der Waals surface area contributed by atoms with E-state index in [1.54, 1.807) is 0 Å². The van der Waals surface area contributed by atoms with Crippen molar-refractivity contribution in [1.82, 2.24) is 0 Å². The van der Waals surface area contributed by atoms with E-state index < -0.39 is 29.3 Å². The highest BCUT2D eigenvalue weighted by Gasteiger charge is 2.36. The van der Waals surface area contributed by atoms with Crippen molar-refractivity contribution in [3.8, 4) is 5.75 Å². The minimum atomic E-state index is -4.69. The number of unbranched alkanes of at least 4 members (excludes halogenated alkanes) is 2. The van der Waals surface area contributed by atoms with Crippen LogP contribution in [0.25, 0.3) is 6.08 Å². The zero-order valence-corrected chi connectivity index (χ0v) is 23.8. The van der Waals surface area contributed by atoms with E-state index in [9.17, 15) is 26.7 Å². The maximum Gasteiger partial charge on any atom is 0.409 e. The first-order valence-electron chi connectivity index (χ1n) is 15.6. The summed E-state index contributed by atoms with van der Waals surface area (Å²) in [5, 5.41) is 0. The minimum absolute atomic E-state index is 0.231. The van der Waals surface area contributed by atoms with Crippen molar-refractivity contribution < 1.29 is 31.5 Å². The number of ether oxygens (including phenoxy) is 1. The normalized spacial score (nSPS) is 29.9. The molecule has 3 fully saturated rings. The zero-order valence-electron chi connectivity index (χ0n) is 23.8. The van der Waals surface area contributed by atoms with Gasteiger partial charge < -0.3 is 4.74 Å². The van der Waals surface area contributed by atoms with Gasteiger partial charge in [0.2, 0.25) is 0 Å². The summed E-state index contributed by atoms with van der Waals surface area (Å²) in [5.41, 5.74) is -0.817. The van der Waals surface area contributed by atoms with Crippen LogP contribution in [-0.4, -0.2) is 12.1 Å². The smallest absolute Gasteiger partial charge is 0.409 e. The summed E-state index contributed by atoms with van der Waals surface area (Å²) in [7, 11) is 0. The third kappa shape index (κ3) is 8.79. The van der Waals surface area contributed by atoms with Crippen LogP contribution < -0.4 is 4.74 Å². The second-order valence-corrected chi connectivity index (χ2v) is 12.7. The molecule has 0 bridgehead atoms. The maximum atomic E-state index is 14.2. The molecule has 3 aliphatic carbocycles. The number of halogens is 5. The van der Waals surface area contributed by atoms with Gasteiger partial charge in [0, 0.05) is 23.8 Å². The first kappa shape index (κ1) is 31.0. The largest absolute Gasteiger partial charge is 0.426 e. The van der Waals surface area contributed by atoms with Gasteiger partial charge in [-0.2, -0.15) is 13.2 Å². The fourth-order valence-electron chi connectivity index (χ4n) is 7.70. The second kappa shape index (κ2) is 14.3. The molecule has 40 heavy (non-hydrogen) atoms. The molecule has 0 spiro atoms. The SMILES string of the molecule is CCCCCC1CCC(C2CCC(C3CCC(C(=O)Oc4cc(F)c(C=CC(F)(F)F)c(F)c4)CC3)CC2)CC1. The third-order valence-corrected chi connectivity index (χ3v) is 10.1. The van der Waals surface area contributed by atoms with Crippen molar-refractivity contribution in [2.75, 3.05) is 0 Å². The Morgan fingerprint density at radius 2 is 1.27 bits per heavy atom. The molecular formula is C33H45F5O2. The van der Waals surface area contributed by atoms with Crippen molar-refractivity contribution in [2.24, 2.45) is 35.5 Å². The Kier molecular flexibility index (Phi) is 11.1. The van der Waals surface area contributed by atoms with Crippen molar-refractivity contribution in [2.45, 2.75) is 116 Å². The summed E-state index contributed by atoms with van der Waals surface area (Å²) in [6.45, 7) is 2.27. The number of carbonyl (C=O) groups excluding carboxylic acids is 1. The molecule has 0 radical (unpaired) electrons. The van der Waals surface area contributed by atoms with Gasteiger partial charge in [-0.1, -0.05) is 45.4 Å². The lowest BCUT2D eigenvalue weighted by molar-refractivity contribution is -0.140. The molecule has 224 valence electrons. The number of hydrogen-bond acceptors (Lipinski definition) is 2. The quantitative estimate of drug-likeness (QED) is 0.128. The van der Waals surface area contributed by atoms with Crippen LogP contribution in [0, 0.1) is 47.1 Å². The molecule has 0 saturated heterocycles. The number of rotatable bonds is 9. The molecule has 3 saturated carbocycles. The lowest BCUT2D eigenvalue weighted by atomic mass is 9.65. The highest BCUT2D eigenvalue weighted by molar-refractivity contribution is 5.75. The molecule has 0 aromatic heterocycles. The Morgan fingerprint density at radius 1 is 0.800 bits per heavy atom. The Morgan fingerprint density at radius 3 is 1.75 bits per heavy atom. The van der Waals surface area contributed by atoms with E-state index in [2.05, 4.69) is 6.92 Å².